The Morgan fingerprint density at radius 1 is 1.25 bits per heavy atom. The minimum absolute atomic E-state index is 0.263. The van der Waals surface area contributed by atoms with E-state index in [9.17, 15) is 0 Å². The standard InChI is InChI=1S/C17H21N3/c1-11-7-15(18)9-20-10-16(19-17(11)20)14-6-5-12-3-2-4-13(12)8-14/h5-6,8,10-11,15H,2-4,7,9,18H2,1H3. The van der Waals surface area contributed by atoms with Gasteiger partial charge in [-0.3, -0.25) is 0 Å². The highest BCUT2D eigenvalue weighted by molar-refractivity contribution is 5.61. The van der Waals surface area contributed by atoms with E-state index in [0.29, 0.717) is 5.92 Å². The summed E-state index contributed by atoms with van der Waals surface area (Å²) < 4.78 is 2.25. The topological polar surface area (TPSA) is 43.8 Å². The summed E-state index contributed by atoms with van der Waals surface area (Å²) in [6, 6.07) is 7.11. The Hall–Kier alpha value is -1.61. The molecular formula is C17H21N3. The lowest BCUT2D eigenvalue weighted by atomic mass is 9.98. The van der Waals surface area contributed by atoms with Gasteiger partial charge in [0.15, 0.2) is 0 Å². The molecule has 2 N–H and O–H groups in total. The Labute approximate surface area is 119 Å². The van der Waals surface area contributed by atoms with Gasteiger partial charge in [0.2, 0.25) is 0 Å². The number of aromatic nitrogens is 2. The van der Waals surface area contributed by atoms with Gasteiger partial charge in [0, 0.05) is 30.3 Å². The Morgan fingerprint density at radius 3 is 3.00 bits per heavy atom. The number of benzene rings is 1. The smallest absolute Gasteiger partial charge is 0.112 e. The Balaban J connectivity index is 1.75. The predicted molar refractivity (Wildman–Crippen MR) is 80.7 cm³/mol. The number of hydrogen-bond donors (Lipinski definition) is 1. The molecule has 2 heterocycles. The maximum atomic E-state index is 6.11. The summed E-state index contributed by atoms with van der Waals surface area (Å²) in [4.78, 5) is 4.87. The first-order chi connectivity index (χ1) is 9.70. The molecule has 0 saturated heterocycles. The first kappa shape index (κ1) is 12.2. The molecule has 0 spiro atoms. The van der Waals surface area contributed by atoms with Crippen LogP contribution in [-0.4, -0.2) is 15.6 Å². The van der Waals surface area contributed by atoms with Gasteiger partial charge < -0.3 is 10.3 Å². The van der Waals surface area contributed by atoms with E-state index in [1.165, 1.54) is 41.8 Å². The molecule has 2 atom stereocenters. The summed E-state index contributed by atoms with van der Waals surface area (Å²) in [5, 5.41) is 0. The van der Waals surface area contributed by atoms with Crippen LogP contribution in [0.2, 0.25) is 0 Å². The van der Waals surface area contributed by atoms with Crippen LogP contribution in [0.3, 0.4) is 0 Å². The van der Waals surface area contributed by atoms with Crippen molar-refractivity contribution in [2.75, 3.05) is 0 Å². The van der Waals surface area contributed by atoms with Gasteiger partial charge >= 0.3 is 0 Å². The van der Waals surface area contributed by atoms with E-state index < -0.39 is 0 Å². The summed E-state index contributed by atoms with van der Waals surface area (Å²) in [7, 11) is 0. The van der Waals surface area contributed by atoms with E-state index in [2.05, 4.69) is 35.9 Å². The molecule has 1 aromatic carbocycles. The van der Waals surface area contributed by atoms with Gasteiger partial charge in [-0.2, -0.15) is 0 Å². The molecular weight excluding hydrogens is 246 g/mol. The van der Waals surface area contributed by atoms with Crippen molar-refractivity contribution in [2.24, 2.45) is 5.73 Å². The third kappa shape index (κ3) is 1.88. The summed E-state index contributed by atoms with van der Waals surface area (Å²) in [6.45, 7) is 3.13. The number of nitrogens with two attached hydrogens (primary N) is 1. The van der Waals surface area contributed by atoms with Crippen LogP contribution in [0.15, 0.2) is 24.4 Å². The third-order valence-corrected chi connectivity index (χ3v) is 4.73. The number of rotatable bonds is 1. The van der Waals surface area contributed by atoms with Crippen molar-refractivity contribution in [3.63, 3.8) is 0 Å². The van der Waals surface area contributed by atoms with E-state index >= 15 is 0 Å². The molecule has 0 bridgehead atoms. The number of aryl methyl sites for hydroxylation is 2. The highest BCUT2D eigenvalue weighted by Crippen LogP contribution is 2.31. The maximum absolute atomic E-state index is 6.11. The molecule has 2 aliphatic rings. The highest BCUT2D eigenvalue weighted by atomic mass is 15.1. The third-order valence-electron chi connectivity index (χ3n) is 4.73. The normalized spacial score (nSPS) is 24.5. The quantitative estimate of drug-likeness (QED) is 0.863. The molecule has 0 fully saturated rings. The monoisotopic (exact) mass is 267 g/mol. The molecule has 0 saturated carbocycles. The van der Waals surface area contributed by atoms with Crippen molar-refractivity contribution < 1.29 is 0 Å². The molecule has 0 radical (unpaired) electrons. The fourth-order valence-electron chi connectivity index (χ4n) is 3.73. The number of nitrogens with zero attached hydrogens (tertiary/aromatic N) is 2. The predicted octanol–water partition coefficient (Wildman–Crippen LogP) is 2.87. The van der Waals surface area contributed by atoms with Gasteiger partial charge in [0.25, 0.3) is 0 Å². The molecule has 3 nitrogen and oxygen atoms in total. The largest absolute Gasteiger partial charge is 0.332 e. The molecule has 3 heteroatoms. The van der Waals surface area contributed by atoms with E-state index in [-0.39, 0.29) is 6.04 Å². The zero-order chi connectivity index (χ0) is 13.7. The minimum Gasteiger partial charge on any atom is -0.332 e. The first-order valence-corrected chi connectivity index (χ1v) is 7.65. The lowest BCUT2D eigenvalue weighted by Crippen LogP contribution is -2.33. The van der Waals surface area contributed by atoms with Gasteiger partial charge in [0.05, 0.1) is 5.69 Å². The van der Waals surface area contributed by atoms with Crippen LogP contribution >= 0.6 is 0 Å². The van der Waals surface area contributed by atoms with Crippen molar-refractivity contribution in [1.82, 2.24) is 9.55 Å². The van der Waals surface area contributed by atoms with Gasteiger partial charge in [-0.1, -0.05) is 19.1 Å². The fourth-order valence-corrected chi connectivity index (χ4v) is 3.73. The Bertz CT molecular complexity index is 656. The fraction of sp³-hybridized carbons (Fsp3) is 0.471. The summed E-state index contributed by atoms with van der Waals surface area (Å²) in [5.41, 5.74) is 11.5. The number of fused-ring (bicyclic) bond motifs is 2. The zero-order valence-electron chi connectivity index (χ0n) is 12.0. The summed E-state index contributed by atoms with van der Waals surface area (Å²) in [6.07, 6.45) is 6.98. The van der Waals surface area contributed by atoms with Crippen LogP contribution in [0.5, 0.6) is 0 Å². The molecule has 1 aliphatic carbocycles. The average Bonchev–Trinajstić information content (AvgIpc) is 3.03. The Morgan fingerprint density at radius 2 is 2.10 bits per heavy atom. The molecule has 1 aliphatic heterocycles. The van der Waals surface area contributed by atoms with Crippen LogP contribution in [0.25, 0.3) is 11.3 Å². The lowest BCUT2D eigenvalue weighted by molar-refractivity contribution is 0.407. The van der Waals surface area contributed by atoms with Crippen LogP contribution in [-0.2, 0) is 19.4 Å². The molecule has 2 unspecified atom stereocenters. The van der Waals surface area contributed by atoms with Crippen molar-refractivity contribution in [3.8, 4) is 11.3 Å². The lowest BCUT2D eigenvalue weighted by Gasteiger charge is -2.25. The van der Waals surface area contributed by atoms with Gasteiger partial charge in [0.1, 0.15) is 5.82 Å². The van der Waals surface area contributed by atoms with Crippen molar-refractivity contribution in [3.05, 3.63) is 41.3 Å². The molecule has 1 aromatic heterocycles. The van der Waals surface area contributed by atoms with Crippen LogP contribution in [0, 0.1) is 0 Å². The number of imidazole rings is 1. The molecule has 0 amide bonds. The second-order valence-electron chi connectivity index (χ2n) is 6.37. The SMILES string of the molecule is CC1CC(N)Cn2cc(-c3ccc4c(c3)CCC4)nc21. The van der Waals surface area contributed by atoms with E-state index in [4.69, 9.17) is 10.7 Å². The van der Waals surface area contributed by atoms with Crippen LogP contribution in [0.1, 0.15) is 42.6 Å². The van der Waals surface area contributed by atoms with Crippen molar-refractivity contribution >= 4 is 0 Å². The molecule has 2 aromatic rings. The van der Waals surface area contributed by atoms with E-state index in [1.807, 2.05) is 0 Å². The number of hydrogen-bond acceptors (Lipinski definition) is 2. The molecule has 4 rings (SSSR count). The molecule has 20 heavy (non-hydrogen) atoms. The highest BCUT2D eigenvalue weighted by Gasteiger charge is 2.24. The summed E-state index contributed by atoms with van der Waals surface area (Å²) in [5.74, 6) is 1.66. The maximum Gasteiger partial charge on any atom is 0.112 e. The van der Waals surface area contributed by atoms with E-state index in [0.717, 1.165) is 18.7 Å². The van der Waals surface area contributed by atoms with Crippen LogP contribution < -0.4 is 5.73 Å². The van der Waals surface area contributed by atoms with Crippen molar-refractivity contribution in [2.45, 2.75) is 51.1 Å². The average molecular weight is 267 g/mol. The van der Waals surface area contributed by atoms with Gasteiger partial charge in [-0.25, -0.2) is 4.98 Å². The molecule has 104 valence electrons. The second-order valence-corrected chi connectivity index (χ2v) is 6.37. The van der Waals surface area contributed by atoms with E-state index in [1.54, 1.807) is 0 Å². The first-order valence-electron chi connectivity index (χ1n) is 7.65. The second kappa shape index (κ2) is 4.45. The van der Waals surface area contributed by atoms with Gasteiger partial charge in [-0.05, 0) is 42.9 Å². The van der Waals surface area contributed by atoms with Crippen molar-refractivity contribution in [1.29, 1.82) is 0 Å². The summed E-state index contributed by atoms with van der Waals surface area (Å²) >= 11 is 0. The van der Waals surface area contributed by atoms with Gasteiger partial charge in [-0.15, -0.1) is 0 Å². The zero-order valence-corrected chi connectivity index (χ0v) is 12.0. The Kier molecular flexibility index (Phi) is 2.71. The van der Waals surface area contributed by atoms with Crippen LogP contribution in [0.4, 0.5) is 0 Å². The minimum atomic E-state index is 0.263.